The van der Waals surface area contributed by atoms with Crippen LogP contribution in [0.4, 0.5) is 0 Å². The molecule has 0 heterocycles. The fourth-order valence-corrected chi connectivity index (χ4v) is 2.40. The van der Waals surface area contributed by atoms with Crippen LogP contribution in [0, 0.1) is 17.3 Å². The van der Waals surface area contributed by atoms with Gasteiger partial charge in [0.05, 0.1) is 0 Å². The number of fused-ring (bicyclic) bond motifs is 1. The molecule has 0 amide bonds. The molecule has 11 heavy (non-hydrogen) atoms. The third-order valence-electron chi connectivity index (χ3n) is 3.43. The van der Waals surface area contributed by atoms with Crippen LogP contribution in [-0.2, 0) is 4.79 Å². The molecule has 1 fully saturated rings. The summed E-state index contributed by atoms with van der Waals surface area (Å²) >= 11 is 0. The van der Waals surface area contributed by atoms with Crippen molar-refractivity contribution in [2.75, 3.05) is 0 Å². The SMILES string of the molecule is CC1(C)[C@@H]2CCC(C=O)=C[C@@H]21. The molecule has 0 aliphatic heterocycles. The van der Waals surface area contributed by atoms with Crippen molar-refractivity contribution < 1.29 is 4.79 Å². The fourth-order valence-electron chi connectivity index (χ4n) is 2.40. The maximum absolute atomic E-state index is 10.5. The van der Waals surface area contributed by atoms with E-state index in [1.54, 1.807) is 0 Å². The lowest BCUT2D eigenvalue weighted by molar-refractivity contribution is -0.105. The zero-order chi connectivity index (χ0) is 8.06. The first-order chi connectivity index (χ1) is 5.16. The summed E-state index contributed by atoms with van der Waals surface area (Å²) in [7, 11) is 0. The van der Waals surface area contributed by atoms with Crippen LogP contribution in [0.3, 0.4) is 0 Å². The molecule has 2 atom stereocenters. The molecule has 2 rings (SSSR count). The number of carbonyl (C=O) groups excluding carboxylic acids is 1. The second kappa shape index (κ2) is 1.96. The lowest BCUT2D eigenvalue weighted by atomic mass is 10.0. The third kappa shape index (κ3) is 0.867. The highest BCUT2D eigenvalue weighted by atomic mass is 16.1. The van der Waals surface area contributed by atoms with E-state index in [1.807, 2.05) is 0 Å². The van der Waals surface area contributed by atoms with E-state index in [-0.39, 0.29) is 0 Å². The van der Waals surface area contributed by atoms with Gasteiger partial charge in [0, 0.05) is 0 Å². The number of aldehydes is 1. The normalized spacial score (nSPS) is 38.9. The van der Waals surface area contributed by atoms with E-state index in [4.69, 9.17) is 0 Å². The van der Waals surface area contributed by atoms with E-state index in [1.165, 1.54) is 6.42 Å². The summed E-state index contributed by atoms with van der Waals surface area (Å²) in [6.45, 7) is 4.60. The molecule has 0 aromatic rings. The first kappa shape index (κ1) is 7.08. The van der Waals surface area contributed by atoms with Gasteiger partial charge in [-0.3, -0.25) is 4.79 Å². The highest BCUT2D eigenvalue weighted by Gasteiger charge is 2.56. The maximum atomic E-state index is 10.5. The Morgan fingerprint density at radius 3 is 2.91 bits per heavy atom. The first-order valence-corrected chi connectivity index (χ1v) is 4.32. The third-order valence-corrected chi connectivity index (χ3v) is 3.43. The quantitative estimate of drug-likeness (QED) is 0.523. The first-order valence-electron chi connectivity index (χ1n) is 4.32. The summed E-state index contributed by atoms with van der Waals surface area (Å²) in [4.78, 5) is 10.5. The maximum Gasteiger partial charge on any atom is 0.145 e. The lowest BCUT2D eigenvalue weighted by Gasteiger charge is -2.04. The van der Waals surface area contributed by atoms with E-state index in [0.717, 1.165) is 24.2 Å². The largest absolute Gasteiger partial charge is 0.298 e. The van der Waals surface area contributed by atoms with Gasteiger partial charge in [0.2, 0.25) is 0 Å². The molecule has 1 saturated carbocycles. The molecule has 0 aromatic heterocycles. The monoisotopic (exact) mass is 150 g/mol. The van der Waals surface area contributed by atoms with Crippen LogP contribution in [0.2, 0.25) is 0 Å². The molecule has 0 saturated heterocycles. The minimum Gasteiger partial charge on any atom is -0.298 e. The van der Waals surface area contributed by atoms with Gasteiger partial charge in [0.1, 0.15) is 6.29 Å². The number of allylic oxidation sites excluding steroid dienone is 2. The molecule has 1 heteroatoms. The van der Waals surface area contributed by atoms with Gasteiger partial charge in [-0.05, 0) is 35.7 Å². The Bertz CT molecular complexity index is 225. The van der Waals surface area contributed by atoms with Gasteiger partial charge in [-0.1, -0.05) is 19.9 Å². The van der Waals surface area contributed by atoms with Crippen LogP contribution in [0.1, 0.15) is 26.7 Å². The van der Waals surface area contributed by atoms with Crippen LogP contribution in [0.15, 0.2) is 11.6 Å². The van der Waals surface area contributed by atoms with E-state index in [2.05, 4.69) is 19.9 Å². The average molecular weight is 150 g/mol. The highest BCUT2D eigenvalue weighted by molar-refractivity contribution is 5.73. The van der Waals surface area contributed by atoms with Gasteiger partial charge < -0.3 is 0 Å². The predicted octanol–water partition coefficient (Wildman–Crippen LogP) is 2.18. The van der Waals surface area contributed by atoms with Gasteiger partial charge in [-0.15, -0.1) is 0 Å². The topological polar surface area (TPSA) is 17.1 Å². The molecular weight excluding hydrogens is 136 g/mol. The standard InChI is InChI=1S/C10H14O/c1-10(2)8-4-3-7(6-11)5-9(8)10/h5-6,8-9H,3-4H2,1-2H3/t8-,9+/m1/s1. The fraction of sp³-hybridized carbons (Fsp3) is 0.700. The van der Waals surface area contributed by atoms with Crippen molar-refractivity contribution in [1.29, 1.82) is 0 Å². The van der Waals surface area contributed by atoms with E-state index < -0.39 is 0 Å². The summed E-state index contributed by atoms with van der Waals surface area (Å²) in [6.07, 6.45) is 5.43. The number of hydrogen-bond acceptors (Lipinski definition) is 1. The Morgan fingerprint density at radius 1 is 1.64 bits per heavy atom. The summed E-state index contributed by atoms with van der Waals surface area (Å²) in [6, 6.07) is 0. The Hall–Kier alpha value is -0.590. The number of rotatable bonds is 1. The van der Waals surface area contributed by atoms with Gasteiger partial charge in [0.15, 0.2) is 0 Å². The van der Waals surface area contributed by atoms with Crippen molar-refractivity contribution in [2.45, 2.75) is 26.7 Å². The summed E-state index contributed by atoms with van der Waals surface area (Å²) < 4.78 is 0. The molecule has 1 nitrogen and oxygen atoms in total. The molecular formula is C10H14O. The minimum absolute atomic E-state index is 0.491. The Balaban J connectivity index is 2.19. The van der Waals surface area contributed by atoms with Crippen LogP contribution in [0.5, 0.6) is 0 Å². The van der Waals surface area contributed by atoms with Crippen molar-refractivity contribution in [3.8, 4) is 0 Å². The lowest BCUT2D eigenvalue weighted by Crippen LogP contribution is -1.94. The van der Waals surface area contributed by atoms with Crippen molar-refractivity contribution in [1.82, 2.24) is 0 Å². The predicted molar refractivity (Wildman–Crippen MR) is 44.1 cm³/mol. The summed E-state index contributed by atoms with van der Waals surface area (Å²) in [5, 5.41) is 0. The molecule has 0 radical (unpaired) electrons. The minimum atomic E-state index is 0.491. The van der Waals surface area contributed by atoms with Crippen molar-refractivity contribution >= 4 is 6.29 Å². The molecule has 0 aromatic carbocycles. The second-order valence-corrected chi connectivity index (χ2v) is 4.35. The van der Waals surface area contributed by atoms with E-state index in [0.29, 0.717) is 11.3 Å². The molecule has 2 aliphatic carbocycles. The summed E-state index contributed by atoms with van der Waals surface area (Å²) in [5.41, 5.74) is 1.52. The van der Waals surface area contributed by atoms with E-state index >= 15 is 0 Å². The Morgan fingerprint density at radius 2 is 2.36 bits per heavy atom. The molecule has 0 bridgehead atoms. The van der Waals surface area contributed by atoms with Crippen molar-refractivity contribution in [3.05, 3.63) is 11.6 Å². The van der Waals surface area contributed by atoms with Crippen LogP contribution in [-0.4, -0.2) is 6.29 Å². The van der Waals surface area contributed by atoms with Crippen LogP contribution >= 0.6 is 0 Å². The smallest absolute Gasteiger partial charge is 0.145 e. The average Bonchev–Trinajstić information content (AvgIpc) is 2.55. The zero-order valence-electron chi connectivity index (χ0n) is 7.13. The molecule has 60 valence electrons. The zero-order valence-corrected chi connectivity index (χ0v) is 7.13. The second-order valence-electron chi connectivity index (χ2n) is 4.35. The highest BCUT2D eigenvalue weighted by Crippen LogP contribution is 2.63. The Labute approximate surface area is 67.5 Å². The summed E-state index contributed by atoms with van der Waals surface area (Å²) in [5.74, 6) is 1.57. The number of carbonyl (C=O) groups is 1. The molecule has 0 spiro atoms. The van der Waals surface area contributed by atoms with Gasteiger partial charge >= 0.3 is 0 Å². The van der Waals surface area contributed by atoms with Crippen LogP contribution in [0.25, 0.3) is 0 Å². The molecule has 2 aliphatic rings. The van der Waals surface area contributed by atoms with Gasteiger partial charge in [-0.2, -0.15) is 0 Å². The Kier molecular flexibility index (Phi) is 1.26. The van der Waals surface area contributed by atoms with Crippen molar-refractivity contribution in [3.63, 3.8) is 0 Å². The van der Waals surface area contributed by atoms with E-state index in [9.17, 15) is 4.79 Å². The van der Waals surface area contributed by atoms with Crippen molar-refractivity contribution in [2.24, 2.45) is 17.3 Å². The molecule has 0 N–H and O–H groups in total. The van der Waals surface area contributed by atoms with Gasteiger partial charge in [0.25, 0.3) is 0 Å². The number of hydrogen-bond donors (Lipinski definition) is 0. The van der Waals surface area contributed by atoms with Crippen LogP contribution < -0.4 is 0 Å². The molecule has 0 unspecified atom stereocenters. The van der Waals surface area contributed by atoms with Gasteiger partial charge in [-0.25, -0.2) is 0 Å².